The van der Waals surface area contributed by atoms with E-state index in [1.165, 1.54) is 31.4 Å². The Morgan fingerprint density at radius 2 is 2.04 bits per heavy atom. The molecule has 1 aliphatic heterocycles. The van der Waals surface area contributed by atoms with Crippen molar-refractivity contribution in [3.05, 3.63) is 22.4 Å². The molecule has 0 spiro atoms. The quantitative estimate of drug-likeness (QED) is 0.289. The molecule has 0 amide bonds. The van der Waals surface area contributed by atoms with Crippen LogP contribution in [0.4, 0.5) is 0 Å². The number of nitrogens with zero attached hydrogens (tertiary/aromatic N) is 3. The summed E-state index contributed by atoms with van der Waals surface area (Å²) in [7, 11) is 0. The van der Waals surface area contributed by atoms with Crippen LogP contribution < -0.4 is 10.6 Å². The smallest absolute Gasteiger partial charge is 0.191 e. The van der Waals surface area contributed by atoms with Crippen LogP contribution in [-0.4, -0.2) is 67.6 Å². The minimum atomic E-state index is 0. The molecule has 7 heteroatoms. The zero-order valence-electron chi connectivity index (χ0n) is 17.2. The molecule has 1 aromatic heterocycles. The van der Waals surface area contributed by atoms with Gasteiger partial charge in [0.05, 0.1) is 6.54 Å². The average Bonchev–Trinajstić information content (AvgIpc) is 3.15. The Balaban J connectivity index is 0.00000364. The van der Waals surface area contributed by atoms with Gasteiger partial charge in [-0.25, -0.2) is 0 Å². The van der Waals surface area contributed by atoms with Gasteiger partial charge in [0.1, 0.15) is 0 Å². The van der Waals surface area contributed by atoms with Crippen LogP contribution in [0.3, 0.4) is 0 Å². The zero-order valence-corrected chi connectivity index (χ0v) is 20.4. The molecule has 0 unspecified atom stereocenters. The molecule has 27 heavy (non-hydrogen) atoms. The maximum absolute atomic E-state index is 4.80. The van der Waals surface area contributed by atoms with Gasteiger partial charge < -0.3 is 15.5 Å². The van der Waals surface area contributed by atoms with Gasteiger partial charge in [0.15, 0.2) is 5.96 Å². The fraction of sp³-hybridized carbons (Fsp3) is 0.750. The van der Waals surface area contributed by atoms with Crippen LogP contribution >= 0.6 is 35.3 Å². The summed E-state index contributed by atoms with van der Waals surface area (Å²) in [6.45, 7) is 15.1. The molecule has 0 aliphatic carbocycles. The zero-order chi connectivity index (χ0) is 18.6. The van der Waals surface area contributed by atoms with Crippen molar-refractivity contribution in [3.63, 3.8) is 0 Å². The third kappa shape index (κ3) is 9.58. The summed E-state index contributed by atoms with van der Waals surface area (Å²) in [5.74, 6) is 0.983. The molecule has 1 aromatic rings. The van der Waals surface area contributed by atoms with Crippen LogP contribution in [0.25, 0.3) is 0 Å². The van der Waals surface area contributed by atoms with E-state index in [0.29, 0.717) is 6.04 Å². The van der Waals surface area contributed by atoms with Gasteiger partial charge in [-0.3, -0.25) is 9.89 Å². The second-order valence-corrected chi connectivity index (χ2v) is 7.80. The number of guanidine groups is 1. The Labute approximate surface area is 187 Å². The number of likely N-dealkylation sites (tertiary alicyclic amines) is 1. The average molecular weight is 508 g/mol. The van der Waals surface area contributed by atoms with Gasteiger partial charge in [-0.1, -0.05) is 13.8 Å². The molecule has 0 aromatic carbocycles. The van der Waals surface area contributed by atoms with Crippen molar-refractivity contribution in [3.8, 4) is 0 Å². The largest absolute Gasteiger partial charge is 0.357 e. The first-order valence-corrected chi connectivity index (χ1v) is 11.2. The summed E-state index contributed by atoms with van der Waals surface area (Å²) in [5, 5.41) is 11.5. The van der Waals surface area contributed by atoms with Gasteiger partial charge in [-0.15, -0.1) is 24.0 Å². The monoisotopic (exact) mass is 507 g/mol. The van der Waals surface area contributed by atoms with Crippen molar-refractivity contribution in [2.24, 2.45) is 4.99 Å². The van der Waals surface area contributed by atoms with Crippen molar-refractivity contribution < 1.29 is 0 Å². The summed E-state index contributed by atoms with van der Waals surface area (Å²) in [6.07, 6.45) is 3.58. The summed E-state index contributed by atoms with van der Waals surface area (Å²) in [4.78, 5) is 9.83. The lowest BCUT2D eigenvalue weighted by Gasteiger charge is -2.33. The first-order chi connectivity index (χ1) is 12.7. The molecule has 0 radical (unpaired) electrons. The molecule has 0 bridgehead atoms. The fourth-order valence-electron chi connectivity index (χ4n) is 3.44. The molecule has 1 aliphatic rings. The SMILES string of the molecule is CCCN(CC)CCN=C(NCC)NC1CCN(Cc2ccsc2)CC1.I. The Morgan fingerprint density at radius 3 is 2.63 bits per heavy atom. The van der Waals surface area contributed by atoms with E-state index in [-0.39, 0.29) is 24.0 Å². The highest BCUT2D eigenvalue weighted by molar-refractivity contribution is 14.0. The number of likely N-dealkylation sites (N-methyl/N-ethyl adjacent to an activating group) is 1. The van der Waals surface area contributed by atoms with Gasteiger partial charge in [0.2, 0.25) is 0 Å². The topological polar surface area (TPSA) is 42.9 Å². The predicted octanol–water partition coefficient (Wildman–Crippen LogP) is 3.62. The highest BCUT2D eigenvalue weighted by atomic mass is 127. The van der Waals surface area contributed by atoms with Crippen LogP contribution in [0.1, 0.15) is 45.6 Å². The molecule has 2 N–H and O–H groups in total. The van der Waals surface area contributed by atoms with E-state index in [4.69, 9.17) is 4.99 Å². The van der Waals surface area contributed by atoms with E-state index in [9.17, 15) is 0 Å². The van der Waals surface area contributed by atoms with E-state index in [1.54, 1.807) is 11.3 Å². The van der Waals surface area contributed by atoms with Gasteiger partial charge in [-0.2, -0.15) is 11.3 Å². The fourth-order valence-corrected chi connectivity index (χ4v) is 4.10. The Morgan fingerprint density at radius 1 is 1.26 bits per heavy atom. The Bertz CT molecular complexity index is 500. The standard InChI is InChI=1S/C20H37N5S.HI/c1-4-11-24(6-3)14-10-22-20(21-5-2)23-19-7-12-25(13-8-19)16-18-9-15-26-17-18;/h9,15,17,19H,4-8,10-14,16H2,1-3H3,(H2,21,22,23);1H. The first-order valence-electron chi connectivity index (χ1n) is 10.3. The second kappa shape index (κ2) is 14.6. The lowest BCUT2D eigenvalue weighted by atomic mass is 10.0. The Hall–Kier alpha value is -0.380. The molecule has 2 heterocycles. The summed E-state index contributed by atoms with van der Waals surface area (Å²) in [6, 6.07) is 2.77. The molecular weight excluding hydrogens is 469 g/mol. The van der Waals surface area contributed by atoms with Crippen molar-refractivity contribution in [1.82, 2.24) is 20.4 Å². The molecule has 0 saturated carbocycles. The maximum Gasteiger partial charge on any atom is 0.191 e. The number of thiophene rings is 1. The Kier molecular flexibility index (Phi) is 13.3. The molecule has 2 rings (SSSR count). The second-order valence-electron chi connectivity index (χ2n) is 7.02. The van der Waals surface area contributed by atoms with Crippen LogP contribution in [0.5, 0.6) is 0 Å². The molecule has 1 fully saturated rings. The van der Waals surface area contributed by atoms with Crippen LogP contribution in [0, 0.1) is 0 Å². The molecule has 1 saturated heterocycles. The highest BCUT2D eigenvalue weighted by Crippen LogP contribution is 2.15. The van der Waals surface area contributed by atoms with Gasteiger partial charge in [-0.05, 0) is 61.7 Å². The summed E-state index contributed by atoms with van der Waals surface area (Å²) < 4.78 is 0. The van der Waals surface area contributed by atoms with E-state index >= 15 is 0 Å². The van der Waals surface area contributed by atoms with E-state index in [0.717, 1.165) is 51.8 Å². The predicted molar refractivity (Wildman–Crippen MR) is 130 cm³/mol. The number of hydrogen-bond acceptors (Lipinski definition) is 4. The number of hydrogen-bond donors (Lipinski definition) is 2. The normalized spacial score (nSPS) is 16.4. The number of nitrogens with one attached hydrogen (secondary N) is 2. The molecular formula is C20H38IN5S. The third-order valence-corrected chi connectivity index (χ3v) is 5.66. The van der Waals surface area contributed by atoms with Crippen LogP contribution in [-0.2, 0) is 6.54 Å². The lowest BCUT2D eigenvalue weighted by Crippen LogP contribution is -2.48. The molecule has 0 atom stereocenters. The number of aliphatic imine (C=N–C) groups is 1. The van der Waals surface area contributed by atoms with Crippen LogP contribution in [0.2, 0.25) is 0 Å². The van der Waals surface area contributed by atoms with Crippen molar-refractivity contribution in [2.75, 3.05) is 45.8 Å². The van der Waals surface area contributed by atoms with Crippen LogP contribution in [0.15, 0.2) is 21.8 Å². The van der Waals surface area contributed by atoms with Crippen molar-refractivity contribution in [2.45, 2.75) is 52.6 Å². The number of rotatable bonds is 10. The third-order valence-electron chi connectivity index (χ3n) is 4.93. The first kappa shape index (κ1) is 24.7. The minimum absolute atomic E-state index is 0. The number of halogens is 1. The highest BCUT2D eigenvalue weighted by Gasteiger charge is 2.20. The minimum Gasteiger partial charge on any atom is -0.357 e. The van der Waals surface area contributed by atoms with E-state index < -0.39 is 0 Å². The summed E-state index contributed by atoms with van der Waals surface area (Å²) in [5.41, 5.74) is 1.45. The maximum atomic E-state index is 4.80. The summed E-state index contributed by atoms with van der Waals surface area (Å²) >= 11 is 1.79. The molecule has 5 nitrogen and oxygen atoms in total. The van der Waals surface area contributed by atoms with Crippen molar-refractivity contribution >= 4 is 41.3 Å². The van der Waals surface area contributed by atoms with Gasteiger partial charge in [0.25, 0.3) is 0 Å². The van der Waals surface area contributed by atoms with Gasteiger partial charge in [0, 0.05) is 38.8 Å². The van der Waals surface area contributed by atoms with E-state index in [2.05, 4.69) is 58.0 Å². The lowest BCUT2D eigenvalue weighted by molar-refractivity contribution is 0.198. The number of piperidine rings is 1. The van der Waals surface area contributed by atoms with Crippen molar-refractivity contribution in [1.29, 1.82) is 0 Å². The molecule has 156 valence electrons. The van der Waals surface area contributed by atoms with Gasteiger partial charge >= 0.3 is 0 Å². The van der Waals surface area contributed by atoms with E-state index in [1.807, 2.05) is 0 Å².